The summed E-state index contributed by atoms with van der Waals surface area (Å²) in [7, 11) is 1.51. The molecule has 4 atom stereocenters. The summed E-state index contributed by atoms with van der Waals surface area (Å²) in [6, 6.07) is -0.309. The number of nitrogens with one attached hydrogen (secondary N) is 1. The smallest absolute Gasteiger partial charge is 0.172 e. The van der Waals surface area contributed by atoms with Gasteiger partial charge in [-0.2, -0.15) is 0 Å². The third-order valence-corrected chi connectivity index (χ3v) is 4.70. The van der Waals surface area contributed by atoms with Crippen LogP contribution in [-0.4, -0.2) is 41.8 Å². The predicted molar refractivity (Wildman–Crippen MR) is 79.2 cm³/mol. The Hall–Kier alpha value is -0.660. The maximum absolute atomic E-state index is 12.7. The van der Waals surface area contributed by atoms with Gasteiger partial charge in [0.1, 0.15) is 6.67 Å². The predicted octanol–water partition coefficient (Wildman–Crippen LogP) is 1.13. The topological polar surface area (TPSA) is 70.3 Å². The van der Waals surface area contributed by atoms with Gasteiger partial charge in [0.25, 0.3) is 0 Å². The van der Waals surface area contributed by atoms with E-state index < -0.39 is 30.2 Å². The van der Waals surface area contributed by atoms with E-state index in [1.807, 2.05) is 30.4 Å². The average Bonchev–Trinajstić information content (AvgIpc) is 3.26. The molecule has 20 heavy (non-hydrogen) atoms. The lowest BCUT2D eigenvalue weighted by Gasteiger charge is -2.21. The first-order chi connectivity index (χ1) is 9.65. The van der Waals surface area contributed by atoms with Crippen molar-refractivity contribution in [3.05, 3.63) is 36.0 Å². The van der Waals surface area contributed by atoms with E-state index in [1.165, 1.54) is 7.11 Å². The summed E-state index contributed by atoms with van der Waals surface area (Å²) in [5.74, 6) is 0. The second-order valence-electron chi connectivity index (χ2n) is 5.04. The van der Waals surface area contributed by atoms with E-state index in [9.17, 15) is 8.94 Å². The van der Waals surface area contributed by atoms with E-state index in [0.29, 0.717) is 6.04 Å². The SMILES string of the molecule is COC(C1=CC=CC([S+]([O-])NC2CC2)C=C1)C(N)CF. The van der Waals surface area contributed by atoms with Crippen molar-refractivity contribution < 1.29 is 13.7 Å². The van der Waals surface area contributed by atoms with Crippen molar-refractivity contribution in [2.45, 2.75) is 36.3 Å². The zero-order valence-electron chi connectivity index (χ0n) is 11.5. The number of alkyl halides is 1. The highest BCUT2D eigenvalue weighted by Gasteiger charge is 2.30. The van der Waals surface area contributed by atoms with Crippen molar-refractivity contribution in [1.29, 1.82) is 0 Å². The van der Waals surface area contributed by atoms with Crippen molar-refractivity contribution >= 4 is 11.4 Å². The first-order valence-corrected chi connectivity index (χ1v) is 7.94. The van der Waals surface area contributed by atoms with Crippen LogP contribution >= 0.6 is 0 Å². The molecule has 0 aliphatic heterocycles. The molecule has 0 heterocycles. The first-order valence-electron chi connectivity index (χ1n) is 6.73. The molecule has 1 saturated carbocycles. The van der Waals surface area contributed by atoms with Gasteiger partial charge in [0.05, 0.1) is 18.2 Å². The van der Waals surface area contributed by atoms with E-state index >= 15 is 0 Å². The van der Waals surface area contributed by atoms with Gasteiger partial charge in [-0.15, -0.1) is 4.72 Å². The Morgan fingerprint density at radius 3 is 2.90 bits per heavy atom. The molecule has 0 bridgehead atoms. The maximum Gasteiger partial charge on any atom is 0.172 e. The summed E-state index contributed by atoms with van der Waals surface area (Å²) in [5, 5.41) is -0.191. The number of allylic oxidation sites excluding steroid dienone is 2. The molecule has 0 aromatic rings. The lowest BCUT2D eigenvalue weighted by molar-refractivity contribution is 0.102. The minimum Gasteiger partial charge on any atom is -0.597 e. The van der Waals surface area contributed by atoms with Crippen LogP contribution in [0.2, 0.25) is 0 Å². The molecule has 2 aliphatic carbocycles. The second-order valence-corrected chi connectivity index (χ2v) is 6.41. The van der Waals surface area contributed by atoms with Crippen LogP contribution < -0.4 is 10.5 Å². The van der Waals surface area contributed by atoms with Gasteiger partial charge < -0.3 is 15.0 Å². The Bertz CT molecular complexity index is 410. The normalized spacial score (nSPS) is 26.8. The van der Waals surface area contributed by atoms with Crippen molar-refractivity contribution in [2.24, 2.45) is 5.73 Å². The number of methoxy groups -OCH3 is 1. The Balaban J connectivity index is 2.00. The minimum absolute atomic E-state index is 0.191. The number of hydrogen-bond acceptors (Lipinski definition) is 4. The van der Waals surface area contributed by atoms with E-state index in [2.05, 4.69) is 4.72 Å². The molecule has 0 aromatic heterocycles. The molecule has 0 amide bonds. The van der Waals surface area contributed by atoms with Gasteiger partial charge in [-0.3, -0.25) is 0 Å². The molecule has 4 nitrogen and oxygen atoms in total. The van der Waals surface area contributed by atoms with Gasteiger partial charge in [0.15, 0.2) is 5.25 Å². The van der Waals surface area contributed by atoms with Crippen LogP contribution in [0, 0.1) is 0 Å². The Morgan fingerprint density at radius 2 is 2.30 bits per heavy atom. The molecule has 2 rings (SSSR count). The second kappa shape index (κ2) is 7.38. The van der Waals surface area contributed by atoms with Crippen LogP contribution in [0.5, 0.6) is 0 Å². The molecular formula is C14H21FN2O2S. The summed E-state index contributed by atoms with van der Waals surface area (Å²) < 4.78 is 33.1. The summed E-state index contributed by atoms with van der Waals surface area (Å²) >= 11 is -1.13. The molecule has 0 spiro atoms. The largest absolute Gasteiger partial charge is 0.597 e. The highest BCUT2D eigenvalue weighted by molar-refractivity contribution is 7.90. The van der Waals surface area contributed by atoms with Gasteiger partial charge in [-0.1, -0.05) is 18.2 Å². The molecule has 0 radical (unpaired) electrons. The monoisotopic (exact) mass is 300 g/mol. The maximum atomic E-state index is 12.7. The summed E-state index contributed by atoms with van der Waals surface area (Å²) in [4.78, 5) is 0. The van der Waals surface area contributed by atoms with Crippen molar-refractivity contribution in [3.63, 3.8) is 0 Å². The Labute approximate surface area is 122 Å². The van der Waals surface area contributed by atoms with E-state index in [4.69, 9.17) is 10.5 Å². The van der Waals surface area contributed by atoms with E-state index in [0.717, 1.165) is 18.4 Å². The summed E-state index contributed by atoms with van der Waals surface area (Å²) in [6.45, 7) is -0.647. The zero-order chi connectivity index (χ0) is 14.5. The van der Waals surface area contributed by atoms with Gasteiger partial charge in [0, 0.05) is 18.5 Å². The van der Waals surface area contributed by atoms with Crippen LogP contribution in [0.1, 0.15) is 12.8 Å². The molecule has 4 unspecified atom stereocenters. The highest BCUT2D eigenvalue weighted by Crippen LogP contribution is 2.22. The zero-order valence-corrected chi connectivity index (χ0v) is 12.3. The fourth-order valence-corrected chi connectivity index (χ4v) is 3.19. The van der Waals surface area contributed by atoms with Crippen LogP contribution in [0.25, 0.3) is 0 Å². The highest BCUT2D eigenvalue weighted by atomic mass is 32.2. The molecule has 1 fully saturated rings. The average molecular weight is 300 g/mol. The van der Waals surface area contributed by atoms with Crippen molar-refractivity contribution in [1.82, 2.24) is 4.72 Å². The standard InChI is InChI=1S/C14H21FN2O2S/c1-19-14(13(16)9-15)10-3-2-4-12(8-5-10)20(18)17-11-6-7-11/h2-5,8,11-14,17H,6-7,9,16H2,1H3. The van der Waals surface area contributed by atoms with Crippen LogP contribution in [-0.2, 0) is 16.1 Å². The van der Waals surface area contributed by atoms with Gasteiger partial charge in [0.2, 0.25) is 0 Å². The van der Waals surface area contributed by atoms with E-state index in [-0.39, 0.29) is 5.25 Å². The molecule has 2 aliphatic rings. The van der Waals surface area contributed by atoms with Gasteiger partial charge in [-0.05, 0) is 30.6 Å². The number of hydrogen-bond donors (Lipinski definition) is 2. The van der Waals surface area contributed by atoms with Crippen molar-refractivity contribution in [3.8, 4) is 0 Å². The van der Waals surface area contributed by atoms with Gasteiger partial charge >= 0.3 is 0 Å². The van der Waals surface area contributed by atoms with Crippen molar-refractivity contribution in [2.75, 3.05) is 13.8 Å². The lowest BCUT2D eigenvalue weighted by atomic mass is 10.0. The van der Waals surface area contributed by atoms with Crippen LogP contribution in [0.4, 0.5) is 4.39 Å². The molecule has 6 heteroatoms. The number of nitrogens with two attached hydrogens (primary N) is 1. The Kier molecular flexibility index (Phi) is 5.80. The van der Waals surface area contributed by atoms with Crippen LogP contribution in [0.3, 0.4) is 0 Å². The third kappa shape index (κ3) is 4.17. The number of halogens is 1. The minimum atomic E-state index is -1.13. The fraction of sp³-hybridized carbons (Fsp3) is 0.571. The van der Waals surface area contributed by atoms with Gasteiger partial charge in [-0.25, -0.2) is 4.39 Å². The number of rotatable bonds is 7. The lowest BCUT2D eigenvalue weighted by Crippen LogP contribution is -2.39. The summed E-state index contributed by atoms with van der Waals surface area (Å²) in [6.07, 6.45) is 10.9. The molecule has 112 valence electrons. The van der Waals surface area contributed by atoms with Crippen LogP contribution in [0.15, 0.2) is 36.0 Å². The fourth-order valence-electron chi connectivity index (χ4n) is 2.02. The molecule has 0 saturated heterocycles. The number of ether oxygens (including phenoxy) is 1. The third-order valence-electron chi connectivity index (χ3n) is 3.32. The molecule has 3 N–H and O–H groups in total. The van der Waals surface area contributed by atoms with E-state index in [1.54, 1.807) is 0 Å². The Morgan fingerprint density at radius 1 is 1.55 bits per heavy atom. The molecule has 0 aromatic carbocycles. The summed E-state index contributed by atoms with van der Waals surface area (Å²) in [5.41, 5.74) is 6.50. The first kappa shape index (κ1) is 15.7. The quantitative estimate of drug-likeness (QED) is 0.692. The molecular weight excluding hydrogens is 279 g/mol.